The van der Waals surface area contributed by atoms with Crippen LogP contribution in [-0.4, -0.2) is 4.98 Å². The molecule has 0 radical (unpaired) electrons. The van der Waals surface area contributed by atoms with Gasteiger partial charge in [-0.1, -0.05) is 12.1 Å². The van der Waals surface area contributed by atoms with Gasteiger partial charge in [-0.2, -0.15) is 10.2 Å². The van der Waals surface area contributed by atoms with Crippen molar-refractivity contribution in [2.24, 2.45) is 0 Å². The number of nitriles is 1. The van der Waals surface area contributed by atoms with Gasteiger partial charge < -0.3 is 4.42 Å². The summed E-state index contributed by atoms with van der Waals surface area (Å²) in [5.74, 6) is -0.231. The van der Waals surface area contributed by atoms with Gasteiger partial charge in [0, 0.05) is 5.56 Å². The van der Waals surface area contributed by atoms with E-state index in [1.165, 1.54) is 18.2 Å². The van der Waals surface area contributed by atoms with E-state index in [1.807, 2.05) is 6.07 Å². The number of oxazole rings is 1. The van der Waals surface area contributed by atoms with E-state index in [-0.39, 0.29) is 16.8 Å². The summed E-state index contributed by atoms with van der Waals surface area (Å²) in [7, 11) is 0. The van der Waals surface area contributed by atoms with Crippen LogP contribution in [0.3, 0.4) is 0 Å². The van der Waals surface area contributed by atoms with E-state index in [2.05, 4.69) is 4.98 Å². The van der Waals surface area contributed by atoms with Crippen molar-refractivity contribution in [1.29, 1.82) is 5.26 Å². The lowest BCUT2D eigenvalue weighted by molar-refractivity contribution is 0.572. The molecule has 0 unspecified atom stereocenters. The molecule has 0 fully saturated rings. The van der Waals surface area contributed by atoms with Crippen molar-refractivity contribution < 1.29 is 8.81 Å². The lowest BCUT2D eigenvalue weighted by atomic mass is 10.1. The maximum Gasteiger partial charge on any atom is 0.293 e. The number of hydrogen-bond donors (Lipinski definition) is 0. The molecule has 0 aliphatic rings. The average Bonchev–Trinajstić information content (AvgIpc) is 2.59. The molecule has 0 amide bonds. The van der Waals surface area contributed by atoms with Crippen molar-refractivity contribution >= 4 is 11.6 Å². The lowest BCUT2D eigenvalue weighted by Crippen LogP contribution is -1.81. The molecule has 15 heavy (non-hydrogen) atoms. The largest absolute Gasteiger partial charge is 0.426 e. The van der Waals surface area contributed by atoms with Crippen LogP contribution in [0, 0.1) is 17.1 Å². The van der Waals surface area contributed by atoms with Crippen LogP contribution >= 0.6 is 11.6 Å². The summed E-state index contributed by atoms with van der Waals surface area (Å²) in [4.78, 5) is 3.65. The first-order valence-electron chi connectivity index (χ1n) is 4.03. The number of nitrogens with zero attached hydrogens (tertiary/aromatic N) is 2. The molecule has 1 aromatic heterocycles. The minimum absolute atomic E-state index is 0.0469. The Morgan fingerprint density at radius 3 is 2.93 bits per heavy atom. The molecule has 2 rings (SSSR count). The molecule has 0 spiro atoms. The third kappa shape index (κ3) is 1.83. The predicted molar refractivity (Wildman–Crippen MR) is 51.6 cm³/mol. The first-order valence-corrected chi connectivity index (χ1v) is 4.41. The van der Waals surface area contributed by atoms with Crippen molar-refractivity contribution in [3.05, 3.63) is 41.1 Å². The Balaban J connectivity index is 2.59. The van der Waals surface area contributed by atoms with Crippen LogP contribution < -0.4 is 0 Å². The maximum absolute atomic E-state index is 12.9. The van der Waals surface area contributed by atoms with Gasteiger partial charge in [-0.3, -0.25) is 0 Å². The van der Waals surface area contributed by atoms with E-state index in [0.717, 1.165) is 0 Å². The van der Waals surface area contributed by atoms with Gasteiger partial charge in [0.25, 0.3) is 5.35 Å². The van der Waals surface area contributed by atoms with Gasteiger partial charge in [0.05, 0.1) is 0 Å². The summed E-state index contributed by atoms with van der Waals surface area (Å²) >= 11 is 5.51. The molecule has 3 nitrogen and oxygen atoms in total. The minimum atomic E-state index is -0.413. The predicted octanol–water partition coefficient (Wildman–Crippen LogP) is 3.01. The van der Waals surface area contributed by atoms with E-state index < -0.39 is 5.82 Å². The third-order valence-electron chi connectivity index (χ3n) is 1.79. The van der Waals surface area contributed by atoms with Gasteiger partial charge in [0.15, 0.2) is 11.5 Å². The van der Waals surface area contributed by atoms with Crippen molar-refractivity contribution in [2.75, 3.05) is 0 Å². The Hall–Kier alpha value is -1.86. The number of aromatic nitrogens is 1. The van der Waals surface area contributed by atoms with Gasteiger partial charge in [0.1, 0.15) is 11.9 Å². The molecule has 0 N–H and O–H groups in total. The van der Waals surface area contributed by atoms with Crippen molar-refractivity contribution in [3.8, 4) is 17.4 Å². The Labute approximate surface area is 89.7 Å². The summed E-state index contributed by atoms with van der Waals surface area (Å²) in [5, 5.41) is 8.60. The fourth-order valence-electron chi connectivity index (χ4n) is 1.20. The van der Waals surface area contributed by atoms with Gasteiger partial charge >= 0.3 is 0 Å². The number of rotatable bonds is 1. The summed E-state index contributed by atoms with van der Waals surface area (Å²) in [6, 6.07) is 7.50. The third-order valence-corrected chi connectivity index (χ3v) is 1.96. The van der Waals surface area contributed by atoms with E-state index in [0.29, 0.717) is 5.56 Å². The van der Waals surface area contributed by atoms with Crippen molar-refractivity contribution in [3.63, 3.8) is 0 Å². The number of hydrogen-bond acceptors (Lipinski definition) is 3. The summed E-state index contributed by atoms with van der Waals surface area (Å²) in [6.07, 6.45) is 0. The van der Waals surface area contributed by atoms with Crippen molar-refractivity contribution in [1.82, 2.24) is 4.98 Å². The van der Waals surface area contributed by atoms with Crippen LogP contribution in [0.2, 0.25) is 5.35 Å². The second-order valence-corrected chi connectivity index (χ2v) is 3.09. The van der Waals surface area contributed by atoms with Crippen LogP contribution in [-0.2, 0) is 0 Å². The molecule has 74 valence electrons. The molecule has 5 heteroatoms. The lowest BCUT2D eigenvalue weighted by Gasteiger charge is -1.95. The maximum atomic E-state index is 12.9. The first-order chi connectivity index (χ1) is 7.20. The molecule has 1 aromatic carbocycles. The Kier molecular flexibility index (Phi) is 2.40. The highest BCUT2D eigenvalue weighted by Gasteiger charge is 2.13. The highest BCUT2D eigenvalue weighted by molar-refractivity contribution is 6.27. The normalized spacial score (nSPS) is 9.93. The molecule has 0 atom stereocenters. The summed E-state index contributed by atoms with van der Waals surface area (Å²) < 4.78 is 17.9. The fourth-order valence-corrected chi connectivity index (χ4v) is 1.36. The smallest absolute Gasteiger partial charge is 0.293 e. The fraction of sp³-hybridized carbons (Fsp3) is 0. The van der Waals surface area contributed by atoms with E-state index in [1.54, 1.807) is 6.07 Å². The summed E-state index contributed by atoms with van der Waals surface area (Å²) in [5.41, 5.74) is 0.483. The van der Waals surface area contributed by atoms with E-state index in [9.17, 15) is 4.39 Å². The second kappa shape index (κ2) is 3.71. The molecule has 1 heterocycles. The SMILES string of the molecule is N#Cc1nc(Cl)oc1-c1cccc(F)c1. The highest BCUT2D eigenvalue weighted by atomic mass is 35.5. The zero-order valence-electron chi connectivity index (χ0n) is 7.37. The molecule has 0 bridgehead atoms. The quantitative estimate of drug-likeness (QED) is 0.745. The van der Waals surface area contributed by atoms with Gasteiger partial charge in [-0.25, -0.2) is 4.39 Å². The Morgan fingerprint density at radius 1 is 1.47 bits per heavy atom. The van der Waals surface area contributed by atoms with Crippen LogP contribution in [0.25, 0.3) is 11.3 Å². The summed E-state index contributed by atoms with van der Waals surface area (Å²) in [6.45, 7) is 0. The first kappa shape index (κ1) is 9.69. The van der Waals surface area contributed by atoms with E-state index in [4.69, 9.17) is 21.3 Å². The van der Waals surface area contributed by atoms with Gasteiger partial charge in [-0.05, 0) is 23.7 Å². The van der Waals surface area contributed by atoms with E-state index >= 15 is 0 Å². The molecule has 0 saturated carbocycles. The van der Waals surface area contributed by atoms with Crippen LogP contribution in [0.4, 0.5) is 4.39 Å². The standard InChI is InChI=1S/C10H4ClFN2O/c11-10-14-8(5-13)9(15-10)6-2-1-3-7(12)4-6/h1-4H. The molecular formula is C10H4ClFN2O. The monoisotopic (exact) mass is 222 g/mol. The van der Waals surface area contributed by atoms with Crippen LogP contribution in [0.15, 0.2) is 28.7 Å². The number of halogens is 2. The van der Waals surface area contributed by atoms with Gasteiger partial charge in [-0.15, -0.1) is 0 Å². The molecule has 0 saturated heterocycles. The molecular weight excluding hydrogens is 219 g/mol. The van der Waals surface area contributed by atoms with Gasteiger partial charge in [0.2, 0.25) is 0 Å². The zero-order valence-corrected chi connectivity index (χ0v) is 8.12. The zero-order chi connectivity index (χ0) is 10.8. The number of benzene rings is 1. The topological polar surface area (TPSA) is 49.8 Å². The van der Waals surface area contributed by atoms with Crippen LogP contribution in [0.5, 0.6) is 0 Å². The highest BCUT2D eigenvalue weighted by Crippen LogP contribution is 2.26. The Bertz CT molecular complexity index is 545. The van der Waals surface area contributed by atoms with Crippen molar-refractivity contribution in [2.45, 2.75) is 0 Å². The molecule has 0 aliphatic carbocycles. The van der Waals surface area contributed by atoms with Crippen LogP contribution in [0.1, 0.15) is 5.69 Å². The second-order valence-electron chi connectivity index (χ2n) is 2.77. The molecule has 2 aromatic rings. The minimum Gasteiger partial charge on any atom is -0.426 e. The Morgan fingerprint density at radius 2 is 2.27 bits per heavy atom. The molecule has 0 aliphatic heterocycles. The average molecular weight is 223 g/mol.